The number of carbonyl (C=O) groups excluding carboxylic acids is 1. The Kier molecular flexibility index (Phi) is 7.86. The third kappa shape index (κ3) is 6.54. The summed E-state index contributed by atoms with van der Waals surface area (Å²) in [7, 11) is 1.65. The van der Waals surface area contributed by atoms with Gasteiger partial charge in [-0.25, -0.2) is 0 Å². The van der Waals surface area contributed by atoms with Gasteiger partial charge in [-0.1, -0.05) is 24.3 Å². The van der Waals surface area contributed by atoms with Gasteiger partial charge >= 0.3 is 0 Å². The molecule has 5 rings (SSSR count). The number of nitrogen functional groups attached to an aromatic ring is 1. The number of anilines is 5. The smallest absolute Gasteiger partial charge is 0.240 e. The van der Waals surface area contributed by atoms with Crippen molar-refractivity contribution in [3.63, 3.8) is 0 Å². The van der Waals surface area contributed by atoms with E-state index in [1.807, 2.05) is 54.6 Å². The van der Waals surface area contributed by atoms with Crippen molar-refractivity contribution in [2.24, 2.45) is 5.73 Å². The van der Waals surface area contributed by atoms with Crippen LogP contribution in [0.2, 0.25) is 0 Å². The first-order chi connectivity index (χ1) is 19.5. The second kappa shape index (κ2) is 12.0. The fraction of sp³-hybridized carbons (Fsp3) is 0.179. The third-order valence-corrected chi connectivity index (χ3v) is 6.22. The van der Waals surface area contributed by atoms with Gasteiger partial charge in [0.15, 0.2) is 0 Å². The van der Waals surface area contributed by atoms with Crippen LogP contribution in [-0.2, 0) is 17.6 Å². The van der Waals surface area contributed by atoms with Crippen LogP contribution < -0.4 is 32.2 Å². The normalized spacial score (nSPS) is 11.6. The predicted octanol–water partition coefficient (Wildman–Crippen LogP) is 3.25. The van der Waals surface area contributed by atoms with Gasteiger partial charge in [-0.05, 0) is 53.9 Å². The predicted molar refractivity (Wildman–Crippen MR) is 156 cm³/mol. The first-order valence-corrected chi connectivity index (χ1v) is 12.7. The van der Waals surface area contributed by atoms with E-state index in [1.54, 1.807) is 25.6 Å². The van der Waals surface area contributed by atoms with Crippen LogP contribution in [0.15, 0.2) is 73.1 Å². The lowest BCUT2D eigenvalue weighted by Crippen LogP contribution is -2.37. The summed E-state index contributed by atoms with van der Waals surface area (Å²) in [4.78, 5) is 33.1. The highest BCUT2D eigenvalue weighted by Crippen LogP contribution is 2.22. The molecule has 0 bridgehead atoms. The minimum absolute atomic E-state index is 0.187. The molecule has 12 heteroatoms. The maximum atomic E-state index is 12.3. The SMILES string of the molecule is COc1ccccc1CCNc1nc(Nc2ccc3ncccc3c2)nc(NC(Cc2c[nH]c(N)c2)C(N)=O)n1. The summed E-state index contributed by atoms with van der Waals surface area (Å²) >= 11 is 0. The number of carbonyl (C=O) groups is 1. The van der Waals surface area contributed by atoms with Crippen LogP contribution in [0, 0.1) is 0 Å². The Morgan fingerprint density at radius 2 is 1.85 bits per heavy atom. The standard InChI is InChI=1S/C28H30N10O2/c1-40-23-7-3-2-5-18(23)10-12-32-26-36-27(34-20-8-9-21-19(15-20)6-4-11-31-21)38-28(37-26)35-22(25(30)39)13-17-14-24(29)33-16-17/h2-9,11,14-16,22,33H,10,12-13,29H2,1H3,(H2,30,39)(H3,32,34,35,36,37,38). The highest BCUT2D eigenvalue weighted by Gasteiger charge is 2.19. The molecule has 8 N–H and O–H groups in total. The Morgan fingerprint density at radius 1 is 1.02 bits per heavy atom. The van der Waals surface area contributed by atoms with Crippen molar-refractivity contribution in [2.45, 2.75) is 18.9 Å². The fourth-order valence-corrected chi connectivity index (χ4v) is 4.27. The lowest BCUT2D eigenvalue weighted by molar-refractivity contribution is -0.118. The van der Waals surface area contributed by atoms with Gasteiger partial charge in [0.1, 0.15) is 17.6 Å². The molecule has 12 nitrogen and oxygen atoms in total. The highest BCUT2D eigenvalue weighted by molar-refractivity contribution is 5.84. The van der Waals surface area contributed by atoms with Crippen LogP contribution in [0.25, 0.3) is 10.9 Å². The third-order valence-electron chi connectivity index (χ3n) is 6.22. The number of methoxy groups -OCH3 is 1. The van der Waals surface area contributed by atoms with E-state index >= 15 is 0 Å². The minimum Gasteiger partial charge on any atom is -0.496 e. The number of hydrogen-bond acceptors (Lipinski definition) is 10. The van der Waals surface area contributed by atoms with E-state index in [1.165, 1.54) is 0 Å². The number of primary amides is 1. The van der Waals surface area contributed by atoms with Crippen molar-refractivity contribution >= 4 is 46.2 Å². The molecule has 0 fully saturated rings. The summed E-state index contributed by atoms with van der Waals surface area (Å²) in [6.45, 7) is 0.535. The maximum absolute atomic E-state index is 12.3. The molecule has 0 saturated heterocycles. The number of aromatic nitrogens is 5. The Balaban J connectivity index is 1.39. The van der Waals surface area contributed by atoms with Crippen LogP contribution in [-0.4, -0.2) is 50.5 Å². The number of ether oxygens (including phenoxy) is 1. The Hall–Kier alpha value is -5.39. The number of rotatable bonds is 12. The molecule has 0 aliphatic heterocycles. The van der Waals surface area contributed by atoms with E-state index in [9.17, 15) is 4.79 Å². The lowest BCUT2D eigenvalue weighted by atomic mass is 10.1. The summed E-state index contributed by atoms with van der Waals surface area (Å²) in [5.74, 6) is 1.55. The summed E-state index contributed by atoms with van der Waals surface area (Å²) in [6.07, 6.45) is 4.45. The average Bonchev–Trinajstić information content (AvgIpc) is 3.37. The van der Waals surface area contributed by atoms with Gasteiger partial charge in [-0.2, -0.15) is 15.0 Å². The van der Waals surface area contributed by atoms with Crippen molar-refractivity contribution in [3.8, 4) is 5.75 Å². The Morgan fingerprint density at radius 3 is 2.65 bits per heavy atom. The lowest BCUT2D eigenvalue weighted by Gasteiger charge is -2.16. The quantitative estimate of drug-likeness (QED) is 0.138. The molecule has 1 unspecified atom stereocenters. The van der Waals surface area contributed by atoms with Crippen molar-refractivity contribution in [1.29, 1.82) is 0 Å². The van der Waals surface area contributed by atoms with E-state index in [0.29, 0.717) is 31.2 Å². The van der Waals surface area contributed by atoms with Crippen molar-refractivity contribution in [3.05, 3.63) is 84.2 Å². The number of nitrogens with two attached hydrogens (primary N) is 2. The summed E-state index contributed by atoms with van der Waals surface area (Å²) < 4.78 is 5.45. The first kappa shape index (κ1) is 26.2. The molecule has 1 amide bonds. The molecule has 204 valence electrons. The zero-order chi connectivity index (χ0) is 27.9. The number of amides is 1. The van der Waals surface area contributed by atoms with Gasteiger partial charge in [0, 0.05) is 36.4 Å². The molecular weight excluding hydrogens is 508 g/mol. The van der Waals surface area contributed by atoms with Crippen molar-refractivity contribution in [1.82, 2.24) is 24.9 Å². The van der Waals surface area contributed by atoms with Gasteiger partial charge < -0.3 is 37.1 Å². The van der Waals surface area contributed by atoms with Crippen molar-refractivity contribution in [2.75, 3.05) is 35.3 Å². The van der Waals surface area contributed by atoms with E-state index < -0.39 is 11.9 Å². The zero-order valence-electron chi connectivity index (χ0n) is 21.9. The zero-order valence-corrected chi connectivity index (χ0v) is 21.9. The largest absolute Gasteiger partial charge is 0.496 e. The topological polar surface area (TPSA) is 182 Å². The molecule has 0 spiro atoms. The Bertz CT molecular complexity index is 1620. The molecule has 2 aromatic carbocycles. The van der Waals surface area contributed by atoms with Gasteiger partial charge in [0.2, 0.25) is 23.8 Å². The van der Waals surface area contributed by atoms with E-state index in [4.69, 9.17) is 16.2 Å². The molecule has 0 saturated carbocycles. The minimum atomic E-state index is -0.779. The van der Waals surface area contributed by atoms with E-state index in [0.717, 1.165) is 33.5 Å². The molecule has 5 aromatic rings. The van der Waals surface area contributed by atoms with Crippen LogP contribution >= 0.6 is 0 Å². The molecule has 40 heavy (non-hydrogen) atoms. The van der Waals surface area contributed by atoms with Crippen LogP contribution in [0.5, 0.6) is 5.75 Å². The van der Waals surface area contributed by atoms with Crippen LogP contribution in [0.4, 0.5) is 29.4 Å². The number of fused-ring (bicyclic) bond motifs is 1. The number of benzene rings is 2. The van der Waals surface area contributed by atoms with Gasteiger partial charge in [-0.3, -0.25) is 9.78 Å². The summed E-state index contributed by atoms with van der Waals surface area (Å²) in [5.41, 5.74) is 15.0. The Labute approximate surface area is 230 Å². The molecule has 3 heterocycles. The van der Waals surface area contributed by atoms with Gasteiger partial charge in [-0.15, -0.1) is 0 Å². The van der Waals surface area contributed by atoms with Crippen LogP contribution in [0.3, 0.4) is 0 Å². The maximum Gasteiger partial charge on any atom is 0.240 e. The molecular formula is C28H30N10O2. The molecule has 0 aliphatic carbocycles. The fourth-order valence-electron chi connectivity index (χ4n) is 4.27. The van der Waals surface area contributed by atoms with E-state index in [2.05, 4.69) is 40.9 Å². The summed E-state index contributed by atoms with van der Waals surface area (Å²) in [6, 6.07) is 18.4. The molecule has 1 atom stereocenters. The number of hydrogen-bond donors (Lipinski definition) is 6. The second-order valence-electron chi connectivity index (χ2n) is 9.10. The van der Waals surface area contributed by atoms with Gasteiger partial charge in [0.05, 0.1) is 12.6 Å². The average molecular weight is 539 g/mol. The first-order valence-electron chi connectivity index (χ1n) is 12.7. The summed E-state index contributed by atoms with van der Waals surface area (Å²) in [5, 5.41) is 10.5. The number of aromatic amines is 1. The molecule has 0 radical (unpaired) electrons. The number of pyridine rings is 1. The second-order valence-corrected chi connectivity index (χ2v) is 9.10. The van der Waals surface area contributed by atoms with Crippen molar-refractivity contribution < 1.29 is 9.53 Å². The molecule has 3 aromatic heterocycles. The number of nitrogens with one attached hydrogen (secondary N) is 4. The number of H-pyrrole nitrogens is 1. The van der Waals surface area contributed by atoms with E-state index in [-0.39, 0.29) is 11.9 Å². The monoisotopic (exact) mass is 538 g/mol. The van der Waals surface area contributed by atoms with Gasteiger partial charge in [0.25, 0.3) is 0 Å². The van der Waals surface area contributed by atoms with Crippen LogP contribution in [0.1, 0.15) is 11.1 Å². The number of para-hydroxylation sites is 1. The number of nitrogens with zero attached hydrogens (tertiary/aromatic N) is 4. The highest BCUT2D eigenvalue weighted by atomic mass is 16.5. The molecule has 0 aliphatic rings.